The molecule has 0 aromatic carbocycles. The molecule has 0 radical (unpaired) electrons. The van der Waals surface area contributed by atoms with E-state index in [1.807, 2.05) is 5.32 Å². The number of carbonyl (C=O) groups excluding carboxylic acids is 1. The second kappa shape index (κ2) is 4.56. The van der Waals surface area contributed by atoms with Crippen molar-refractivity contribution in [2.75, 3.05) is 13.1 Å². The Balaban J connectivity index is 3.45. The van der Waals surface area contributed by atoms with E-state index >= 15 is 0 Å². The van der Waals surface area contributed by atoms with Crippen molar-refractivity contribution in [3.8, 4) is 6.19 Å². The quantitative estimate of drug-likeness (QED) is 0.465. The van der Waals surface area contributed by atoms with E-state index in [2.05, 4.69) is 0 Å². The molecule has 7 heteroatoms. The van der Waals surface area contributed by atoms with E-state index in [4.69, 9.17) is 5.26 Å². The molecule has 0 atom stereocenters. The Morgan fingerprint density at radius 2 is 2.08 bits per heavy atom. The van der Waals surface area contributed by atoms with Crippen LogP contribution in [0.1, 0.15) is 0 Å². The van der Waals surface area contributed by atoms with Crippen LogP contribution < -0.4 is 10.6 Å². The Kier molecular flexibility index (Phi) is 4.07. The molecule has 4 nitrogen and oxygen atoms in total. The second-order valence-corrected chi connectivity index (χ2v) is 1.88. The predicted octanol–water partition coefficient (Wildman–Crippen LogP) is -0.264. The molecule has 0 saturated heterocycles. The summed E-state index contributed by atoms with van der Waals surface area (Å²) in [6.45, 7) is -1.76. The number of alkyl halides is 3. The normalized spacial score (nSPS) is 10.5. The third-order valence-corrected chi connectivity index (χ3v) is 0.806. The van der Waals surface area contributed by atoms with Crippen molar-refractivity contribution >= 4 is 5.91 Å². The molecule has 2 N–H and O–H groups in total. The summed E-state index contributed by atoms with van der Waals surface area (Å²) >= 11 is 0. The highest BCUT2D eigenvalue weighted by Crippen LogP contribution is 2.11. The molecular weight excluding hydrogens is 175 g/mol. The topological polar surface area (TPSA) is 64.9 Å². The number of carbonyl (C=O) groups is 1. The van der Waals surface area contributed by atoms with Gasteiger partial charge in [-0.25, -0.2) is 0 Å². The molecule has 0 aliphatic rings. The molecule has 0 fully saturated rings. The van der Waals surface area contributed by atoms with Crippen molar-refractivity contribution in [1.29, 1.82) is 5.26 Å². The maximum atomic E-state index is 11.4. The number of halogens is 3. The Labute approximate surface area is 66.3 Å². The maximum Gasteiger partial charge on any atom is 0.401 e. The number of nitrogens with one attached hydrogen (secondary N) is 2. The lowest BCUT2D eigenvalue weighted by atomic mass is 10.5. The number of hydrogen-bond acceptors (Lipinski definition) is 3. The standard InChI is InChI=1S/C5H6F3N3O/c6-5(7,8)2-10-1-4(12)11-3-9/h10H,1-2H2,(H,11,12). The van der Waals surface area contributed by atoms with Gasteiger partial charge >= 0.3 is 6.18 Å². The molecule has 0 heterocycles. The minimum atomic E-state index is -4.34. The lowest BCUT2D eigenvalue weighted by Crippen LogP contribution is -2.36. The summed E-state index contributed by atoms with van der Waals surface area (Å²) in [7, 11) is 0. The van der Waals surface area contributed by atoms with Crippen molar-refractivity contribution in [2.45, 2.75) is 6.18 Å². The van der Waals surface area contributed by atoms with Crippen LogP contribution in [0, 0.1) is 11.5 Å². The zero-order valence-electron chi connectivity index (χ0n) is 5.90. The van der Waals surface area contributed by atoms with Crippen LogP contribution in [0.5, 0.6) is 0 Å². The first kappa shape index (κ1) is 10.7. The summed E-state index contributed by atoms with van der Waals surface area (Å²) in [4.78, 5) is 10.4. The van der Waals surface area contributed by atoms with Crippen LogP contribution in [-0.2, 0) is 4.79 Å². The summed E-state index contributed by atoms with van der Waals surface area (Å²) in [5, 5.41) is 11.4. The van der Waals surface area contributed by atoms with Crippen LogP contribution in [0.25, 0.3) is 0 Å². The first-order chi connectivity index (χ1) is 5.45. The third-order valence-electron chi connectivity index (χ3n) is 0.806. The lowest BCUT2D eigenvalue weighted by Gasteiger charge is -2.05. The Hall–Kier alpha value is -1.29. The first-order valence-electron chi connectivity index (χ1n) is 2.91. The van der Waals surface area contributed by atoms with Crippen LogP contribution >= 0.6 is 0 Å². The van der Waals surface area contributed by atoms with Gasteiger partial charge in [0.25, 0.3) is 0 Å². The SMILES string of the molecule is N#CNC(=O)CNCC(F)(F)F. The molecule has 0 spiro atoms. The molecule has 1 amide bonds. The van der Waals surface area contributed by atoms with Crippen LogP contribution in [0.3, 0.4) is 0 Å². The number of rotatable bonds is 3. The highest BCUT2D eigenvalue weighted by atomic mass is 19.4. The van der Waals surface area contributed by atoms with E-state index in [-0.39, 0.29) is 0 Å². The summed E-state index contributed by atoms with van der Waals surface area (Å²) in [5.41, 5.74) is 0. The van der Waals surface area contributed by atoms with Gasteiger partial charge in [-0.1, -0.05) is 0 Å². The van der Waals surface area contributed by atoms with Crippen LogP contribution in [-0.4, -0.2) is 25.2 Å². The van der Waals surface area contributed by atoms with Gasteiger partial charge in [0, 0.05) is 0 Å². The third kappa shape index (κ3) is 6.82. The summed E-state index contributed by atoms with van der Waals surface area (Å²) in [6, 6.07) is 0. The number of nitrogens with zero attached hydrogens (tertiary/aromatic N) is 1. The van der Waals surface area contributed by atoms with Crippen molar-refractivity contribution in [1.82, 2.24) is 10.6 Å². The van der Waals surface area contributed by atoms with Crippen molar-refractivity contribution in [3.63, 3.8) is 0 Å². The fourth-order valence-corrected chi connectivity index (χ4v) is 0.424. The monoisotopic (exact) mass is 181 g/mol. The van der Waals surface area contributed by atoms with Crippen LogP contribution in [0.15, 0.2) is 0 Å². The molecule has 0 aromatic heterocycles. The van der Waals surface area contributed by atoms with Gasteiger partial charge in [0.2, 0.25) is 5.91 Å². The zero-order chi connectivity index (χ0) is 9.61. The first-order valence-corrected chi connectivity index (χ1v) is 2.91. The van der Waals surface area contributed by atoms with E-state index in [0.717, 1.165) is 0 Å². The summed E-state index contributed by atoms with van der Waals surface area (Å²) in [5.74, 6) is -0.790. The second-order valence-electron chi connectivity index (χ2n) is 1.88. The van der Waals surface area contributed by atoms with E-state index in [9.17, 15) is 18.0 Å². The minimum absolute atomic E-state index is 0.521. The summed E-state index contributed by atoms with van der Waals surface area (Å²) in [6.07, 6.45) is -3.05. The maximum absolute atomic E-state index is 11.4. The summed E-state index contributed by atoms with van der Waals surface area (Å²) < 4.78 is 34.3. The molecule has 0 unspecified atom stereocenters. The molecule has 12 heavy (non-hydrogen) atoms. The smallest absolute Gasteiger partial charge is 0.300 e. The molecule has 68 valence electrons. The molecule has 0 aromatic rings. The lowest BCUT2D eigenvalue weighted by molar-refractivity contribution is -0.128. The van der Waals surface area contributed by atoms with Gasteiger partial charge in [-0.15, -0.1) is 0 Å². The van der Waals surface area contributed by atoms with Gasteiger partial charge in [0.1, 0.15) is 0 Å². The van der Waals surface area contributed by atoms with E-state index < -0.39 is 25.2 Å². The van der Waals surface area contributed by atoms with Crippen molar-refractivity contribution in [3.05, 3.63) is 0 Å². The van der Waals surface area contributed by atoms with E-state index in [1.54, 1.807) is 5.32 Å². The number of hydrogen-bond donors (Lipinski definition) is 2. The van der Waals surface area contributed by atoms with Crippen LogP contribution in [0.4, 0.5) is 13.2 Å². The van der Waals surface area contributed by atoms with Crippen LogP contribution in [0.2, 0.25) is 0 Å². The zero-order valence-corrected chi connectivity index (χ0v) is 5.90. The Morgan fingerprint density at radius 3 is 2.50 bits per heavy atom. The van der Waals surface area contributed by atoms with Gasteiger partial charge in [0.05, 0.1) is 13.1 Å². The van der Waals surface area contributed by atoms with Gasteiger partial charge in [-0.3, -0.25) is 10.1 Å². The molecule has 0 aliphatic carbocycles. The fraction of sp³-hybridized carbons (Fsp3) is 0.600. The Morgan fingerprint density at radius 1 is 1.50 bits per heavy atom. The molecule has 0 bridgehead atoms. The van der Waals surface area contributed by atoms with Crippen molar-refractivity contribution in [2.24, 2.45) is 0 Å². The van der Waals surface area contributed by atoms with Gasteiger partial charge in [-0.05, 0) is 0 Å². The fourth-order valence-electron chi connectivity index (χ4n) is 0.424. The van der Waals surface area contributed by atoms with E-state index in [0.29, 0.717) is 0 Å². The highest BCUT2D eigenvalue weighted by molar-refractivity contribution is 5.79. The molecule has 0 aliphatic heterocycles. The molecular formula is C5H6F3N3O. The average molecular weight is 181 g/mol. The van der Waals surface area contributed by atoms with Crippen molar-refractivity contribution < 1.29 is 18.0 Å². The highest BCUT2D eigenvalue weighted by Gasteiger charge is 2.26. The van der Waals surface area contributed by atoms with Gasteiger partial charge < -0.3 is 5.32 Å². The van der Waals surface area contributed by atoms with E-state index in [1.165, 1.54) is 6.19 Å². The largest absolute Gasteiger partial charge is 0.401 e. The average Bonchev–Trinajstić information content (AvgIpc) is 1.84. The Bertz CT molecular complexity index is 195. The predicted molar refractivity (Wildman–Crippen MR) is 32.7 cm³/mol. The minimum Gasteiger partial charge on any atom is -0.300 e. The number of amides is 1. The molecule has 0 rings (SSSR count). The van der Waals surface area contributed by atoms with Gasteiger partial charge in [-0.2, -0.15) is 18.4 Å². The number of nitriles is 1. The molecule has 0 saturated carbocycles. The van der Waals surface area contributed by atoms with Gasteiger partial charge in [0.15, 0.2) is 6.19 Å².